The molecule has 3 aliphatic rings. The number of hydrogen-bond acceptors (Lipinski definition) is 4. The summed E-state index contributed by atoms with van der Waals surface area (Å²) in [6.45, 7) is 2.80. The predicted octanol–water partition coefficient (Wildman–Crippen LogP) is 2.56. The number of carbonyl (C=O) groups excluding carboxylic acids is 2. The van der Waals surface area contributed by atoms with E-state index in [1.165, 1.54) is 9.87 Å². The lowest BCUT2D eigenvalue weighted by Crippen LogP contribution is -2.53. The SMILES string of the molecule is O=C(c1ccccc1)N1CCN(C(=O)C2CCN(S(=O)(=O)c3ccc4c(c3)CCC4)CC2)CC1. The van der Waals surface area contributed by atoms with Crippen LogP contribution >= 0.6 is 0 Å². The normalized spacial score (nSPS) is 19.8. The van der Waals surface area contributed by atoms with Crippen LogP contribution in [-0.4, -0.2) is 73.6 Å². The highest BCUT2D eigenvalue weighted by Gasteiger charge is 2.35. The van der Waals surface area contributed by atoms with Crippen LogP contribution in [0.1, 0.15) is 40.7 Å². The average molecular weight is 482 g/mol. The molecule has 0 unspecified atom stereocenters. The third-order valence-corrected chi connectivity index (χ3v) is 9.30. The molecule has 0 spiro atoms. The van der Waals surface area contributed by atoms with Gasteiger partial charge in [-0.2, -0.15) is 4.31 Å². The lowest BCUT2D eigenvalue weighted by Gasteiger charge is -2.38. The minimum atomic E-state index is -3.54. The van der Waals surface area contributed by atoms with Crippen molar-refractivity contribution >= 4 is 21.8 Å². The topological polar surface area (TPSA) is 78.0 Å². The monoisotopic (exact) mass is 481 g/mol. The van der Waals surface area contributed by atoms with Gasteiger partial charge in [-0.3, -0.25) is 9.59 Å². The second kappa shape index (κ2) is 9.50. The van der Waals surface area contributed by atoms with Crippen molar-refractivity contribution in [3.05, 3.63) is 65.2 Å². The quantitative estimate of drug-likeness (QED) is 0.673. The first kappa shape index (κ1) is 23.1. The smallest absolute Gasteiger partial charge is 0.253 e. The summed E-state index contributed by atoms with van der Waals surface area (Å²) < 4.78 is 27.9. The van der Waals surface area contributed by atoms with E-state index in [0.717, 1.165) is 24.8 Å². The third-order valence-electron chi connectivity index (χ3n) is 7.41. The van der Waals surface area contributed by atoms with Gasteiger partial charge >= 0.3 is 0 Å². The Morgan fingerprint density at radius 2 is 1.41 bits per heavy atom. The van der Waals surface area contributed by atoms with Crippen molar-refractivity contribution in [3.63, 3.8) is 0 Å². The van der Waals surface area contributed by atoms with Crippen LogP contribution in [0.5, 0.6) is 0 Å². The summed E-state index contributed by atoms with van der Waals surface area (Å²) in [5, 5.41) is 0. The Morgan fingerprint density at radius 3 is 2.12 bits per heavy atom. The molecule has 0 atom stereocenters. The summed E-state index contributed by atoms with van der Waals surface area (Å²) in [6.07, 6.45) is 4.12. The van der Waals surface area contributed by atoms with Crippen LogP contribution in [0.2, 0.25) is 0 Å². The summed E-state index contributed by atoms with van der Waals surface area (Å²) in [4.78, 5) is 29.8. The van der Waals surface area contributed by atoms with Gasteiger partial charge in [-0.1, -0.05) is 24.3 Å². The van der Waals surface area contributed by atoms with Gasteiger partial charge in [-0.05, 0) is 67.5 Å². The summed E-state index contributed by atoms with van der Waals surface area (Å²) in [5.41, 5.74) is 3.07. The number of benzene rings is 2. The molecule has 5 rings (SSSR count). The van der Waals surface area contributed by atoms with E-state index in [9.17, 15) is 18.0 Å². The molecule has 2 aromatic carbocycles. The number of carbonyl (C=O) groups is 2. The van der Waals surface area contributed by atoms with Crippen molar-refractivity contribution in [3.8, 4) is 0 Å². The van der Waals surface area contributed by atoms with Gasteiger partial charge < -0.3 is 9.80 Å². The number of hydrogen-bond donors (Lipinski definition) is 0. The molecular weight excluding hydrogens is 450 g/mol. The second-order valence-electron chi connectivity index (χ2n) is 9.45. The average Bonchev–Trinajstić information content (AvgIpc) is 3.37. The minimum Gasteiger partial charge on any atom is -0.339 e. The second-order valence-corrected chi connectivity index (χ2v) is 11.4. The van der Waals surface area contributed by atoms with Crippen molar-refractivity contribution in [2.75, 3.05) is 39.3 Å². The molecule has 2 amide bonds. The maximum Gasteiger partial charge on any atom is 0.253 e. The van der Waals surface area contributed by atoms with Gasteiger partial charge in [0.25, 0.3) is 5.91 Å². The fraction of sp³-hybridized carbons (Fsp3) is 0.462. The molecule has 0 bridgehead atoms. The number of nitrogens with zero attached hydrogens (tertiary/aromatic N) is 3. The Kier molecular flexibility index (Phi) is 6.44. The first-order chi connectivity index (χ1) is 16.4. The van der Waals surface area contributed by atoms with E-state index in [-0.39, 0.29) is 17.7 Å². The number of fused-ring (bicyclic) bond motifs is 1. The highest BCUT2D eigenvalue weighted by atomic mass is 32.2. The Hall–Kier alpha value is -2.71. The lowest BCUT2D eigenvalue weighted by atomic mass is 9.96. The summed E-state index contributed by atoms with van der Waals surface area (Å²) in [5.74, 6) is -0.0815. The number of amides is 2. The van der Waals surface area contributed by atoms with Gasteiger partial charge in [-0.15, -0.1) is 0 Å². The van der Waals surface area contributed by atoms with E-state index < -0.39 is 10.0 Å². The molecule has 2 fully saturated rings. The Balaban J connectivity index is 1.15. The summed E-state index contributed by atoms with van der Waals surface area (Å²) in [7, 11) is -3.54. The van der Waals surface area contributed by atoms with Crippen LogP contribution in [0.15, 0.2) is 53.4 Å². The zero-order valence-corrected chi connectivity index (χ0v) is 20.2. The molecule has 2 aliphatic heterocycles. The number of rotatable bonds is 4. The molecule has 2 saturated heterocycles. The first-order valence-corrected chi connectivity index (χ1v) is 13.6. The van der Waals surface area contributed by atoms with Crippen molar-refractivity contribution in [2.24, 2.45) is 5.92 Å². The van der Waals surface area contributed by atoms with Crippen LogP contribution in [0.3, 0.4) is 0 Å². The van der Waals surface area contributed by atoms with Crippen LogP contribution in [0.4, 0.5) is 0 Å². The van der Waals surface area contributed by atoms with Crippen LogP contribution in [0, 0.1) is 5.92 Å². The zero-order valence-electron chi connectivity index (χ0n) is 19.4. The number of sulfonamides is 1. The fourth-order valence-corrected chi connectivity index (χ4v) is 6.87. The zero-order chi connectivity index (χ0) is 23.7. The predicted molar refractivity (Wildman–Crippen MR) is 129 cm³/mol. The van der Waals surface area contributed by atoms with Gasteiger partial charge in [0, 0.05) is 50.7 Å². The van der Waals surface area contributed by atoms with Crippen LogP contribution < -0.4 is 0 Å². The molecular formula is C26H31N3O4S. The molecule has 7 nitrogen and oxygen atoms in total. The Bertz CT molecular complexity index is 1170. The number of piperazine rings is 1. The molecule has 0 N–H and O–H groups in total. The summed E-state index contributed by atoms with van der Waals surface area (Å²) >= 11 is 0. The molecule has 0 saturated carbocycles. The van der Waals surface area contributed by atoms with Crippen molar-refractivity contribution in [1.82, 2.24) is 14.1 Å². The molecule has 0 radical (unpaired) electrons. The van der Waals surface area contributed by atoms with Crippen LogP contribution in [-0.2, 0) is 27.7 Å². The minimum absolute atomic E-state index is 0.00207. The standard InChI is InChI=1S/C26H31N3O4S/c30-25(21-5-2-1-3-6-21)27-15-17-28(18-16-27)26(31)22-11-13-29(14-12-22)34(32,33)24-10-9-20-7-4-8-23(20)19-24/h1-3,5-6,9-10,19,22H,4,7-8,11-18H2. The third kappa shape index (κ3) is 4.49. The Morgan fingerprint density at radius 1 is 0.765 bits per heavy atom. The molecule has 0 aromatic heterocycles. The summed E-state index contributed by atoms with van der Waals surface area (Å²) in [6, 6.07) is 14.7. The van der Waals surface area contributed by atoms with E-state index in [0.29, 0.717) is 62.6 Å². The van der Waals surface area contributed by atoms with E-state index in [4.69, 9.17) is 0 Å². The first-order valence-electron chi connectivity index (χ1n) is 12.2. The molecule has 2 aromatic rings. The van der Waals surface area contributed by atoms with Gasteiger partial charge in [0.05, 0.1) is 4.90 Å². The fourth-order valence-electron chi connectivity index (χ4n) is 5.35. The Labute approximate surface area is 201 Å². The molecule has 8 heteroatoms. The number of aryl methyl sites for hydroxylation is 2. The molecule has 2 heterocycles. The number of piperidine rings is 1. The maximum absolute atomic E-state index is 13.2. The highest BCUT2D eigenvalue weighted by Crippen LogP contribution is 2.29. The maximum atomic E-state index is 13.2. The van der Waals surface area contributed by atoms with Crippen molar-refractivity contribution in [2.45, 2.75) is 37.0 Å². The van der Waals surface area contributed by atoms with Gasteiger partial charge in [0.2, 0.25) is 15.9 Å². The largest absolute Gasteiger partial charge is 0.339 e. The van der Waals surface area contributed by atoms with Gasteiger partial charge in [-0.25, -0.2) is 8.42 Å². The lowest BCUT2D eigenvalue weighted by molar-refractivity contribution is -0.138. The van der Waals surface area contributed by atoms with E-state index in [1.807, 2.05) is 47.4 Å². The van der Waals surface area contributed by atoms with E-state index >= 15 is 0 Å². The van der Waals surface area contributed by atoms with E-state index in [1.54, 1.807) is 11.0 Å². The molecule has 34 heavy (non-hydrogen) atoms. The molecule has 180 valence electrons. The van der Waals surface area contributed by atoms with E-state index in [2.05, 4.69) is 0 Å². The highest BCUT2D eigenvalue weighted by molar-refractivity contribution is 7.89. The van der Waals surface area contributed by atoms with Crippen LogP contribution in [0.25, 0.3) is 0 Å². The van der Waals surface area contributed by atoms with Gasteiger partial charge in [0.15, 0.2) is 0 Å². The molecule has 1 aliphatic carbocycles. The van der Waals surface area contributed by atoms with Gasteiger partial charge in [0.1, 0.15) is 0 Å². The van der Waals surface area contributed by atoms with Crippen molar-refractivity contribution in [1.29, 1.82) is 0 Å². The van der Waals surface area contributed by atoms with Crippen molar-refractivity contribution < 1.29 is 18.0 Å².